The molecule has 2 heterocycles. The SMILES string of the molecule is C=C1C=C(C(=O)N2CCCc3cc(C=O)cc(F)c3C2)NC=C(c2ccc(CCCC)cc2)O1. The van der Waals surface area contributed by atoms with E-state index in [4.69, 9.17) is 4.74 Å². The Hall–Kier alpha value is -3.67. The summed E-state index contributed by atoms with van der Waals surface area (Å²) in [6.07, 6.45) is 8.50. The normalized spacial score (nSPS) is 15.7. The highest BCUT2D eigenvalue weighted by Gasteiger charge is 2.25. The van der Waals surface area contributed by atoms with Crippen molar-refractivity contribution in [2.24, 2.45) is 0 Å². The Kier molecular flexibility index (Phi) is 7.26. The number of allylic oxidation sites excluding steroid dienone is 1. The summed E-state index contributed by atoms with van der Waals surface area (Å²) in [7, 11) is 0. The van der Waals surface area contributed by atoms with Gasteiger partial charge in [0.1, 0.15) is 23.6 Å². The number of aryl methyl sites for hydroxylation is 2. The maximum Gasteiger partial charge on any atom is 0.270 e. The highest BCUT2D eigenvalue weighted by molar-refractivity contribution is 5.94. The van der Waals surface area contributed by atoms with Gasteiger partial charge in [-0.1, -0.05) is 44.2 Å². The summed E-state index contributed by atoms with van der Waals surface area (Å²) in [5, 5.41) is 3.07. The number of hydrogen-bond acceptors (Lipinski definition) is 4. The van der Waals surface area contributed by atoms with Crippen molar-refractivity contribution in [2.75, 3.05) is 6.54 Å². The minimum Gasteiger partial charge on any atom is -0.456 e. The molecule has 0 radical (unpaired) electrons. The van der Waals surface area contributed by atoms with E-state index in [-0.39, 0.29) is 12.5 Å². The van der Waals surface area contributed by atoms with E-state index in [1.165, 1.54) is 11.6 Å². The van der Waals surface area contributed by atoms with Gasteiger partial charge in [0.25, 0.3) is 5.91 Å². The molecule has 2 aromatic carbocycles. The third-order valence-corrected chi connectivity index (χ3v) is 6.15. The summed E-state index contributed by atoms with van der Waals surface area (Å²) in [5.74, 6) is 0.190. The second kappa shape index (κ2) is 10.5. The number of hydrogen-bond donors (Lipinski definition) is 1. The van der Waals surface area contributed by atoms with Gasteiger partial charge >= 0.3 is 0 Å². The van der Waals surface area contributed by atoms with E-state index in [1.54, 1.807) is 23.2 Å². The van der Waals surface area contributed by atoms with E-state index in [2.05, 4.69) is 31.0 Å². The molecule has 6 heteroatoms. The zero-order chi connectivity index (χ0) is 24.1. The summed E-state index contributed by atoms with van der Waals surface area (Å²) < 4.78 is 20.5. The van der Waals surface area contributed by atoms with E-state index in [1.807, 2.05) is 12.1 Å². The Morgan fingerprint density at radius 2 is 2.06 bits per heavy atom. The van der Waals surface area contributed by atoms with Gasteiger partial charge in [-0.05, 0) is 48.9 Å². The lowest BCUT2D eigenvalue weighted by Gasteiger charge is -2.22. The van der Waals surface area contributed by atoms with Crippen molar-refractivity contribution in [2.45, 2.75) is 45.6 Å². The number of benzene rings is 2. The lowest BCUT2D eigenvalue weighted by molar-refractivity contribution is -0.128. The molecular weight excluding hydrogens is 431 g/mol. The quantitative estimate of drug-likeness (QED) is 0.597. The molecule has 2 aliphatic rings. The van der Waals surface area contributed by atoms with Gasteiger partial charge in [-0.3, -0.25) is 9.59 Å². The van der Waals surface area contributed by atoms with E-state index >= 15 is 0 Å². The van der Waals surface area contributed by atoms with Crippen molar-refractivity contribution < 1.29 is 18.7 Å². The molecule has 0 spiro atoms. The van der Waals surface area contributed by atoms with Crippen LogP contribution in [0.5, 0.6) is 0 Å². The van der Waals surface area contributed by atoms with Crippen LogP contribution in [0.15, 0.2) is 66.7 Å². The highest BCUT2D eigenvalue weighted by atomic mass is 19.1. The van der Waals surface area contributed by atoms with Crippen LogP contribution < -0.4 is 5.32 Å². The molecule has 0 unspecified atom stereocenters. The van der Waals surface area contributed by atoms with E-state index in [9.17, 15) is 14.0 Å². The van der Waals surface area contributed by atoms with Crippen LogP contribution in [-0.4, -0.2) is 23.6 Å². The molecule has 1 N–H and O–H groups in total. The van der Waals surface area contributed by atoms with Gasteiger partial charge in [-0.25, -0.2) is 4.39 Å². The molecule has 5 nitrogen and oxygen atoms in total. The number of nitrogens with zero attached hydrogens (tertiary/aromatic N) is 1. The second-order valence-electron chi connectivity index (χ2n) is 8.67. The van der Waals surface area contributed by atoms with Gasteiger partial charge in [0.15, 0.2) is 5.76 Å². The first kappa shape index (κ1) is 23.5. The van der Waals surface area contributed by atoms with Crippen molar-refractivity contribution >= 4 is 18.0 Å². The third-order valence-electron chi connectivity index (χ3n) is 6.15. The zero-order valence-electron chi connectivity index (χ0n) is 19.4. The fourth-order valence-electron chi connectivity index (χ4n) is 4.29. The number of amides is 1. The highest BCUT2D eigenvalue weighted by Crippen LogP contribution is 2.26. The molecule has 34 heavy (non-hydrogen) atoms. The van der Waals surface area contributed by atoms with Crippen LogP contribution >= 0.6 is 0 Å². The lowest BCUT2D eigenvalue weighted by atomic mass is 10.0. The van der Waals surface area contributed by atoms with Gasteiger partial charge in [0.05, 0.1) is 0 Å². The number of carbonyl (C=O) groups excluding carboxylic acids is 2. The molecule has 0 fully saturated rings. The molecule has 2 aromatic rings. The summed E-state index contributed by atoms with van der Waals surface area (Å²) in [5.41, 5.74) is 4.02. The monoisotopic (exact) mass is 460 g/mol. The van der Waals surface area contributed by atoms with E-state index in [0.717, 1.165) is 30.4 Å². The Labute approximate surface area is 199 Å². The molecule has 0 saturated carbocycles. The van der Waals surface area contributed by atoms with Crippen LogP contribution in [0.4, 0.5) is 4.39 Å². The molecule has 2 aliphatic heterocycles. The first-order valence-electron chi connectivity index (χ1n) is 11.7. The van der Waals surface area contributed by atoms with Crippen molar-refractivity contribution in [3.05, 3.63) is 100 Å². The van der Waals surface area contributed by atoms with Crippen molar-refractivity contribution in [1.82, 2.24) is 10.2 Å². The van der Waals surface area contributed by atoms with Gasteiger partial charge in [0.2, 0.25) is 0 Å². The number of carbonyl (C=O) groups is 2. The minimum absolute atomic E-state index is 0.140. The molecule has 0 saturated heterocycles. The van der Waals surface area contributed by atoms with Gasteiger partial charge < -0.3 is 15.0 Å². The number of fused-ring (bicyclic) bond motifs is 1. The fraction of sp³-hybridized carbons (Fsp3) is 0.286. The predicted octanol–water partition coefficient (Wildman–Crippen LogP) is 5.27. The molecule has 0 aromatic heterocycles. The maximum absolute atomic E-state index is 14.7. The van der Waals surface area contributed by atoms with Crippen LogP contribution in [0.25, 0.3) is 5.76 Å². The van der Waals surface area contributed by atoms with Gasteiger partial charge in [0, 0.05) is 42.1 Å². The largest absolute Gasteiger partial charge is 0.456 e. The van der Waals surface area contributed by atoms with Crippen molar-refractivity contribution in [3.8, 4) is 0 Å². The standard InChI is InChI=1S/C28H29FN2O3/c1-3-4-6-20-8-10-22(11-9-20)27-16-30-26(13-19(2)34-27)28(33)31-12-5-7-23-14-21(18-32)15-25(29)24(23)17-31/h8-11,13-16,18,30H,2-7,12,17H2,1H3. The summed E-state index contributed by atoms with van der Waals surface area (Å²) in [4.78, 5) is 26.0. The van der Waals surface area contributed by atoms with Crippen LogP contribution in [0.2, 0.25) is 0 Å². The van der Waals surface area contributed by atoms with Crippen LogP contribution in [0.3, 0.4) is 0 Å². The number of unbranched alkanes of at least 4 members (excludes halogenated alkanes) is 1. The number of rotatable bonds is 6. The van der Waals surface area contributed by atoms with E-state index in [0.29, 0.717) is 54.0 Å². The Bertz CT molecular complexity index is 1160. The molecule has 0 atom stereocenters. The number of halogens is 1. The topological polar surface area (TPSA) is 58.6 Å². The molecule has 4 rings (SSSR count). The Balaban J connectivity index is 1.51. The Morgan fingerprint density at radius 3 is 2.79 bits per heavy atom. The van der Waals surface area contributed by atoms with Crippen molar-refractivity contribution in [3.63, 3.8) is 0 Å². The smallest absolute Gasteiger partial charge is 0.270 e. The fourth-order valence-corrected chi connectivity index (χ4v) is 4.29. The van der Waals surface area contributed by atoms with E-state index < -0.39 is 5.82 Å². The van der Waals surface area contributed by atoms with Crippen LogP contribution in [0.1, 0.15) is 58.8 Å². The summed E-state index contributed by atoms with van der Waals surface area (Å²) in [6, 6.07) is 11.1. The van der Waals surface area contributed by atoms with Crippen LogP contribution in [0, 0.1) is 5.82 Å². The molecular formula is C28H29FN2O3. The molecule has 0 bridgehead atoms. The maximum atomic E-state index is 14.7. The van der Waals surface area contributed by atoms with Crippen molar-refractivity contribution in [1.29, 1.82) is 0 Å². The van der Waals surface area contributed by atoms with Gasteiger partial charge in [-0.15, -0.1) is 0 Å². The molecule has 1 amide bonds. The third kappa shape index (κ3) is 5.28. The first-order valence-corrected chi connectivity index (χ1v) is 11.7. The lowest BCUT2D eigenvalue weighted by Crippen LogP contribution is -2.35. The summed E-state index contributed by atoms with van der Waals surface area (Å²) in [6.45, 7) is 6.72. The zero-order valence-corrected chi connectivity index (χ0v) is 19.4. The molecule has 0 aliphatic carbocycles. The molecule has 176 valence electrons. The summed E-state index contributed by atoms with van der Waals surface area (Å²) >= 11 is 0. The van der Waals surface area contributed by atoms with Crippen LogP contribution in [-0.2, 0) is 28.9 Å². The number of aldehydes is 1. The first-order chi connectivity index (χ1) is 16.5. The minimum atomic E-state index is -0.459. The Morgan fingerprint density at radius 1 is 1.26 bits per heavy atom. The predicted molar refractivity (Wildman–Crippen MR) is 130 cm³/mol. The average Bonchev–Trinajstić information content (AvgIpc) is 3.18. The number of nitrogens with one attached hydrogen (secondary N) is 1. The van der Waals surface area contributed by atoms with Gasteiger partial charge in [-0.2, -0.15) is 0 Å². The number of ether oxygens (including phenoxy) is 1. The average molecular weight is 461 g/mol. The second-order valence-corrected chi connectivity index (χ2v) is 8.67.